The molecule has 114 valence electrons. The van der Waals surface area contributed by atoms with Crippen LogP contribution < -0.4 is 15.3 Å². The molecule has 0 N–H and O–H groups in total. The van der Waals surface area contributed by atoms with Crippen molar-refractivity contribution in [2.75, 3.05) is 0 Å². The standard InChI is InChI=1S/C15H24O.CH2O3.Mg/c1-2-3-4-5-6-7-8-11-14-12-9-10-13-15(14)16;2-1(3)4;/h9-10,12-13,16H,2-8,11H2,1H3;(H2,2,3,4);/q;;+2/p-3. The van der Waals surface area contributed by atoms with Gasteiger partial charge in [-0.1, -0.05) is 75.3 Å². The summed E-state index contributed by atoms with van der Waals surface area (Å²) < 4.78 is 0. The average Bonchev–Trinajstić information content (AvgIpc) is 2.39. The smallest absolute Gasteiger partial charge is 0.872 e. The van der Waals surface area contributed by atoms with Crippen molar-refractivity contribution in [1.29, 1.82) is 0 Å². The summed E-state index contributed by atoms with van der Waals surface area (Å²) in [6.07, 6.45) is 7.76. The third-order valence-electron chi connectivity index (χ3n) is 3.02. The van der Waals surface area contributed by atoms with E-state index in [1.165, 1.54) is 38.5 Å². The van der Waals surface area contributed by atoms with Gasteiger partial charge in [0.1, 0.15) is 0 Å². The van der Waals surface area contributed by atoms with Gasteiger partial charge in [-0.2, -0.15) is 0 Å². The second-order valence-corrected chi connectivity index (χ2v) is 4.73. The molecule has 0 aliphatic carbocycles. The van der Waals surface area contributed by atoms with Crippen LogP contribution in [0.4, 0.5) is 4.79 Å². The van der Waals surface area contributed by atoms with Gasteiger partial charge >= 0.3 is 23.1 Å². The first kappa shape index (κ1) is 22.3. The van der Waals surface area contributed by atoms with Gasteiger partial charge in [0.25, 0.3) is 0 Å². The number of aryl methyl sites for hydroxylation is 1. The molecular formula is C16H23MgO4-. The number of carbonyl (C=O) groups excluding carboxylic acids is 1. The van der Waals surface area contributed by atoms with Crippen molar-refractivity contribution < 1.29 is 20.1 Å². The van der Waals surface area contributed by atoms with E-state index in [2.05, 4.69) is 6.92 Å². The van der Waals surface area contributed by atoms with E-state index in [1.54, 1.807) is 6.07 Å². The van der Waals surface area contributed by atoms with Gasteiger partial charge in [0, 0.05) is 0 Å². The monoisotopic (exact) mass is 303 g/mol. The molecule has 0 radical (unpaired) electrons. The first-order valence-electron chi connectivity index (χ1n) is 7.20. The molecule has 0 saturated carbocycles. The number of benzene rings is 1. The van der Waals surface area contributed by atoms with Crippen molar-refractivity contribution in [2.24, 2.45) is 0 Å². The summed E-state index contributed by atoms with van der Waals surface area (Å²) >= 11 is 0. The van der Waals surface area contributed by atoms with Crippen LogP contribution in [0.1, 0.15) is 57.4 Å². The zero-order valence-corrected chi connectivity index (χ0v) is 14.2. The van der Waals surface area contributed by atoms with E-state index in [0.717, 1.165) is 18.4 Å². The van der Waals surface area contributed by atoms with Crippen LogP contribution in [0.25, 0.3) is 0 Å². The van der Waals surface area contributed by atoms with Gasteiger partial charge in [-0.15, -0.1) is 5.75 Å². The Bertz CT molecular complexity index is 365. The molecule has 0 fully saturated rings. The Morgan fingerprint density at radius 3 is 1.95 bits per heavy atom. The van der Waals surface area contributed by atoms with E-state index in [-0.39, 0.29) is 28.8 Å². The molecular weight excluding hydrogens is 280 g/mol. The van der Waals surface area contributed by atoms with Crippen molar-refractivity contribution in [1.82, 2.24) is 0 Å². The summed E-state index contributed by atoms with van der Waals surface area (Å²) in [4.78, 5) is 8.33. The maximum atomic E-state index is 11.4. The Hall–Kier alpha value is -0.944. The van der Waals surface area contributed by atoms with Gasteiger partial charge in [0.05, 0.1) is 0 Å². The minimum absolute atomic E-state index is 0. The summed E-state index contributed by atoms with van der Waals surface area (Å²) in [5.41, 5.74) is 0.982. The molecule has 4 nitrogen and oxygen atoms in total. The predicted octanol–water partition coefficient (Wildman–Crippen LogP) is 1.23. The number of unbranched alkanes of at least 4 members (excludes halogenated alkanes) is 6. The van der Waals surface area contributed by atoms with Crippen molar-refractivity contribution in [3.05, 3.63) is 29.8 Å². The number of hydrogen-bond donors (Lipinski definition) is 0. The zero-order valence-electron chi connectivity index (χ0n) is 12.8. The third-order valence-corrected chi connectivity index (χ3v) is 3.02. The van der Waals surface area contributed by atoms with E-state index >= 15 is 0 Å². The Balaban J connectivity index is 0. The molecule has 1 aromatic carbocycles. The summed E-state index contributed by atoms with van der Waals surface area (Å²) in [5.74, 6) is 0.202. The molecule has 1 rings (SSSR count). The summed E-state index contributed by atoms with van der Waals surface area (Å²) in [6.45, 7) is 2.24. The van der Waals surface area contributed by atoms with E-state index in [1.807, 2.05) is 18.2 Å². The van der Waals surface area contributed by atoms with Crippen molar-refractivity contribution in [2.45, 2.75) is 58.3 Å². The molecule has 1 aromatic rings. The van der Waals surface area contributed by atoms with Gasteiger partial charge < -0.3 is 20.1 Å². The van der Waals surface area contributed by atoms with E-state index in [4.69, 9.17) is 15.0 Å². The summed E-state index contributed by atoms with van der Waals surface area (Å²) in [6, 6.07) is 7.39. The average molecular weight is 304 g/mol. The maximum Gasteiger partial charge on any atom is 2.00 e. The predicted molar refractivity (Wildman–Crippen MR) is 78.7 cm³/mol. The Morgan fingerprint density at radius 2 is 1.43 bits per heavy atom. The zero-order chi connectivity index (χ0) is 15.2. The topological polar surface area (TPSA) is 86.2 Å². The first-order chi connectivity index (χ1) is 9.57. The third kappa shape index (κ3) is 15.3. The SMILES string of the molecule is CCCCCCCCCc1ccccc1[O-].O=C([O-])[O-].[Mg+2]. The maximum absolute atomic E-state index is 11.4. The Morgan fingerprint density at radius 1 is 0.952 bits per heavy atom. The van der Waals surface area contributed by atoms with Crippen molar-refractivity contribution >= 4 is 29.2 Å². The normalized spacial score (nSPS) is 9.19. The fourth-order valence-electron chi connectivity index (χ4n) is 1.98. The van der Waals surface area contributed by atoms with Crippen LogP contribution in [-0.2, 0) is 6.42 Å². The van der Waals surface area contributed by atoms with Crippen molar-refractivity contribution in [3.8, 4) is 5.75 Å². The van der Waals surface area contributed by atoms with E-state index in [0.29, 0.717) is 0 Å². The van der Waals surface area contributed by atoms with E-state index < -0.39 is 6.16 Å². The van der Waals surface area contributed by atoms with E-state index in [9.17, 15) is 5.11 Å². The molecule has 0 atom stereocenters. The minimum atomic E-state index is -2.33. The summed E-state index contributed by atoms with van der Waals surface area (Å²) in [5, 5.41) is 28.1. The van der Waals surface area contributed by atoms with Crippen LogP contribution in [-0.4, -0.2) is 29.2 Å². The molecule has 0 spiro atoms. The molecule has 0 unspecified atom stereocenters. The molecule has 0 saturated heterocycles. The molecule has 0 aliphatic heterocycles. The largest absolute Gasteiger partial charge is 2.00 e. The van der Waals surface area contributed by atoms with Gasteiger partial charge in [-0.25, -0.2) is 0 Å². The quantitative estimate of drug-likeness (QED) is 0.534. The number of rotatable bonds is 8. The minimum Gasteiger partial charge on any atom is -0.872 e. The molecule has 0 amide bonds. The second kappa shape index (κ2) is 15.4. The van der Waals surface area contributed by atoms with Crippen LogP contribution in [0, 0.1) is 0 Å². The van der Waals surface area contributed by atoms with Crippen LogP contribution >= 0.6 is 0 Å². The Kier molecular flexibility index (Phi) is 16.4. The fraction of sp³-hybridized carbons (Fsp3) is 0.562. The Labute approximate surface area is 143 Å². The van der Waals surface area contributed by atoms with Gasteiger partial charge in [-0.05, 0) is 19.0 Å². The van der Waals surface area contributed by atoms with Gasteiger partial charge in [0.15, 0.2) is 0 Å². The molecule has 0 bridgehead atoms. The van der Waals surface area contributed by atoms with Gasteiger partial charge in [-0.3, -0.25) is 0 Å². The first-order valence-corrected chi connectivity index (χ1v) is 7.20. The van der Waals surface area contributed by atoms with Crippen LogP contribution in [0.15, 0.2) is 24.3 Å². The molecule has 21 heavy (non-hydrogen) atoms. The van der Waals surface area contributed by atoms with Crippen LogP contribution in [0.2, 0.25) is 0 Å². The fourth-order valence-corrected chi connectivity index (χ4v) is 1.98. The number of hydrogen-bond acceptors (Lipinski definition) is 4. The summed E-state index contributed by atoms with van der Waals surface area (Å²) in [7, 11) is 0. The van der Waals surface area contributed by atoms with Gasteiger partial charge in [0.2, 0.25) is 0 Å². The number of carbonyl (C=O) groups is 1. The van der Waals surface area contributed by atoms with Crippen LogP contribution in [0.3, 0.4) is 0 Å². The van der Waals surface area contributed by atoms with Crippen LogP contribution in [0.5, 0.6) is 5.75 Å². The molecule has 0 aromatic heterocycles. The molecule has 5 heteroatoms. The number of para-hydroxylation sites is 1. The molecule has 0 heterocycles. The molecule has 0 aliphatic rings. The number of carboxylic acid groups (broad SMARTS) is 2. The second-order valence-electron chi connectivity index (χ2n) is 4.73. The van der Waals surface area contributed by atoms with Crippen molar-refractivity contribution in [3.63, 3.8) is 0 Å².